The van der Waals surface area contributed by atoms with Gasteiger partial charge in [0.05, 0.1) is 25.6 Å². The highest BCUT2D eigenvalue weighted by molar-refractivity contribution is 9.10. The molecule has 2 aromatic heterocycles. The molecule has 4 aromatic rings. The van der Waals surface area contributed by atoms with Crippen LogP contribution in [0.25, 0.3) is 16.6 Å². The minimum absolute atomic E-state index is 0.268. The Kier molecular flexibility index (Phi) is 5.29. The molecule has 0 aliphatic carbocycles. The Bertz CT molecular complexity index is 1260. The SMILES string of the molecule is O=c1ncn2nc(Oc3ccc(Cl)cc3Br)ccc2c1-c1c(Cl)cccc1Cl. The zero-order valence-electron chi connectivity index (χ0n) is 13.9. The maximum Gasteiger partial charge on any atom is 0.281 e. The summed E-state index contributed by atoms with van der Waals surface area (Å²) in [6, 6.07) is 13.5. The van der Waals surface area contributed by atoms with Crippen molar-refractivity contribution >= 4 is 56.2 Å². The number of hydrogen-bond donors (Lipinski definition) is 0. The van der Waals surface area contributed by atoms with Crippen molar-refractivity contribution < 1.29 is 4.74 Å². The van der Waals surface area contributed by atoms with Crippen molar-refractivity contribution in [2.75, 3.05) is 0 Å². The molecule has 140 valence electrons. The molecule has 0 amide bonds. The minimum Gasteiger partial charge on any atom is -0.436 e. The Balaban J connectivity index is 1.84. The fourth-order valence-electron chi connectivity index (χ4n) is 2.68. The van der Waals surface area contributed by atoms with E-state index in [0.29, 0.717) is 42.3 Å². The Hall–Kier alpha value is -2.12. The van der Waals surface area contributed by atoms with Gasteiger partial charge in [-0.2, -0.15) is 4.98 Å². The van der Waals surface area contributed by atoms with E-state index in [1.54, 1.807) is 48.5 Å². The monoisotopic (exact) mass is 495 g/mol. The zero-order valence-corrected chi connectivity index (χ0v) is 17.7. The largest absolute Gasteiger partial charge is 0.436 e. The Morgan fingerprint density at radius 1 is 0.964 bits per heavy atom. The number of hydrogen-bond acceptors (Lipinski definition) is 4. The molecule has 0 aliphatic rings. The van der Waals surface area contributed by atoms with Crippen LogP contribution < -0.4 is 10.3 Å². The number of halogens is 4. The van der Waals surface area contributed by atoms with Crippen molar-refractivity contribution in [2.24, 2.45) is 0 Å². The molecule has 0 fully saturated rings. The van der Waals surface area contributed by atoms with Crippen LogP contribution in [0.5, 0.6) is 11.6 Å². The first-order valence-corrected chi connectivity index (χ1v) is 9.83. The van der Waals surface area contributed by atoms with Crippen molar-refractivity contribution in [3.8, 4) is 22.8 Å². The molecule has 0 saturated heterocycles. The molecule has 9 heteroatoms. The van der Waals surface area contributed by atoms with Gasteiger partial charge in [0.25, 0.3) is 5.56 Å². The standard InChI is InChI=1S/C19H9BrCl3N3O2/c20-11-8-10(21)4-6-15(11)28-16-7-5-14-18(19(27)24-9-26(14)25-16)17-12(22)2-1-3-13(17)23/h1-9H. The zero-order chi connectivity index (χ0) is 19.8. The second-order valence-corrected chi connectivity index (χ2v) is 7.80. The summed E-state index contributed by atoms with van der Waals surface area (Å²) < 4.78 is 7.92. The molecule has 5 nitrogen and oxygen atoms in total. The lowest BCUT2D eigenvalue weighted by Crippen LogP contribution is -2.14. The second-order valence-electron chi connectivity index (χ2n) is 5.70. The third kappa shape index (κ3) is 3.61. The third-order valence-electron chi connectivity index (χ3n) is 3.91. The number of benzene rings is 2. The van der Waals surface area contributed by atoms with Gasteiger partial charge in [0.1, 0.15) is 12.1 Å². The van der Waals surface area contributed by atoms with E-state index < -0.39 is 5.56 Å². The summed E-state index contributed by atoms with van der Waals surface area (Å²) in [7, 11) is 0. The van der Waals surface area contributed by atoms with Gasteiger partial charge in [-0.05, 0) is 52.3 Å². The van der Waals surface area contributed by atoms with Gasteiger partial charge >= 0.3 is 0 Å². The van der Waals surface area contributed by atoms with E-state index in [1.165, 1.54) is 10.8 Å². The summed E-state index contributed by atoms with van der Waals surface area (Å²) >= 11 is 21.9. The van der Waals surface area contributed by atoms with Gasteiger partial charge in [0.2, 0.25) is 5.88 Å². The fraction of sp³-hybridized carbons (Fsp3) is 0. The van der Waals surface area contributed by atoms with E-state index in [9.17, 15) is 4.79 Å². The summed E-state index contributed by atoms with van der Waals surface area (Å²) in [5.41, 5.74) is 0.727. The summed E-state index contributed by atoms with van der Waals surface area (Å²) in [6.45, 7) is 0. The van der Waals surface area contributed by atoms with Gasteiger partial charge in [-0.1, -0.05) is 40.9 Å². The van der Waals surface area contributed by atoms with Crippen LogP contribution in [-0.2, 0) is 0 Å². The molecular weight excluding hydrogens is 488 g/mol. The van der Waals surface area contributed by atoms with E-state index in [4.69, 9.17) is 39.5 Å². The number of nitrogens with zero attached hydrogens (tertiary/aromatic N) is 3. The lowest BCUT2D eigenvalue weighted by atomic mass is 10.1. The van der Waals surface area contributed by atoms with Crippen molar-refractivity contribution in [1.82, 2.24) is 14.6 Å². The van der Waals surface area contributed by atoms with E-state index in [2.05, 4.69) is 26.0 Å². The van der Waals surface area contributed by atoms with Crippen molar-refractivity contribution in [3.05, 3.63) is 84.8 Å². The Morgan fingerprint density at radius 3 is 2.43 bits per heavy atom. The molecule has 0 unspecified atom stereocenters. The topological polar surface area (TPSA) is 56.5 Å². The average molecular weight is 498 g/mol. The predicted octanol–water partition coefficient (Wildman–Crippen LogP) is 6.27. The highest BCUT2D eigenvalue weighted by Crippen LogP contribution is 2.35. The van der Waals surface area contributed by atoms with Gasteiger partial charge in [0.15, 0.2) is 0 Å². The van der Waals surface area contributed by atoms with Crippen LogP contribution in [0.15, 0.2) is 64.1 Å². The molecule has 28 heavy (non-hydrogen) atoms. The van der Waals surface area contributed by atoms with E-state index in [0.717, 1.165) is 0 Å². The number of aromatic nitrogens is 3. The quantitative estimate of drug-likeness (QED) is 0.335. The van der Waals surface area contributed by atoms with Gasteiger partial charge in [-0.3, -0.25) is 4.79 Å². The number of rotatable bonds is 3. The van der Waals surface area contributed by atoms with Gasteiger partial charge in [-0.15, -0.1) is 5.10 Å². The lowest BCUT2D eigenvalue weighted by molar-refractivity contribution is 0.449. The number of fused-ring (bicyclic) bond motifs is 1. The highest BCUT2D eigenvalue weighted by Gasteiger charge is 2.17. The normalized spacial score (nSPS) is 11.0. The first-order valence-electron chi connectivity index (χ1n) is 7.90. The first kappa shape index (κ1) is 19.2. The fourth-order valence-corrected chi connectivity index (χ4v) is 4.03. The highest BCUT2D eigenvalue weighted by atomic mass is 79.9. The Labute approximate surface area is 182 Å². The Morgan fingerprint density at radius 2 is 1.71 bits per heavy atom. The molecule has 2 aromatic carbocycles. The van der Waals surface area contributed by atoms with Gasteiger partial charge < -0.3 is 4.74 Å². The van der Waals surface area contributed by atoms with E-state index >= 15 is 0 Å². The predicted molar refractivity (Wildman–Crippen MR) is 114 cm³/mol. The first-order chi connectivity index (χ1) is 13.4. The summed E-state index contributed by atoms with van der Waals surface area (Å²) in [4.78, 5) is 16.4. The molecule has 2 heterocycles. The second kappa shape index (κ2) is 7.72. The van der Waals surface area contributed by atoms with Crippen molar-refractivity contribution in [2.45, 2.75) is 0 Å². The van der Waals surface area contributed by atoms with Crippen LogP contribution in [0, 0.1) is 0 Å². The molecule has 0 aliphatic heterocycles. The van der Waals surface area contributed by atoms with Crippen LogP contribution in [0.1, 0.15) is 0 Å². The average Bonchev–Trinajstić information content (AvgIpc) is 2.65. The maximum absolute atomic E-state index is 12.5. The summed E-state index contributed by atoms with van der Waals surface area (Å²) in [5, 5.41) is 5.65. The maximum atomic E-state index is 12.5. The molecule has 0 radical (unpaired) electrons. The van der Waals surface area contributed by atoms with Gasteiger partial charge in [-0.25, -0.2) is 4.52 Å². The van der Waals surface area contributed by atoms with Crippen LogP contribution >= 0.6 is 50.7 Å². The van der Waals surface area contributed by atoms with Gasteiger partial charge in [0, 0.05) is 16.7 Å². The molecule has 0 saturated carbocycles. The number of ether oxygens (including phenoxy) is 1. The molecule has 0 bridgehead atoms. The summed E-state index contributed by atoms with van der Waals surface area (Å²) in [6.07, 6.45) is 1.32. The minimum atomic E-state index is -0.453. The van der Waals surface area contributed by atoms with Crippen LogP contribution in [-0.4, -0.2) is 14.6 Å². The van der Waals surface area contributed by atoms with Crippen molar-refractivity contribution in [1.29, 1.82) is 0 Å². The third-order valence-corrected chi connectivity index (χ3v) is 5.40. The molecule has 4 rings (SSSR count). The molecule has 0 N–H and O–H groups in total. The summed E-state index contributed by atoms with van der Waals surface area (Å²) in [5.74, 6) is 0.844. The van der Waals surface area contributed by atoms with Crippen molar-refractivity contribution in [3.63, 3.8) is 0 Å². The van der Waals surface area contributed by atoms with Crippen LogP contribution in [0.3, 0.4) is 0 Å². The van der Waals surface area contributed by atoms with Crippen LogP contribution in [0.2, 0.25) is 15.1 Å². The van der Waals surface area contributed by atoms with E-state index in [-0.39, 0.29) is 5.56 Å². The van der Waals surface area contributed by atoms with E-state index in [1.807, 2.05) is 0 Å². The lowest BCUT2D eigenvalue weighted by Gasteiger charge is -2.11. The molecule has 0 spiro atoms. The molecule has 0 atom stereocenters. The molecular formula is C19H9BrCl3N3O2. The van der Waals surface area contributed by atoms with Crippen LogP contribution in [0.4, 0.5) is 0 Å². The smallest absolute Gasteiger partial charge is 0.281 e.